The Balaban J connectivity index is 2.25. The van der Waals surface area contributed by atoms with Crippen molar-refractivity contribution in [1.82, 2.24) is 4.31 Å². The number of aryl methyl sites for hydroxylation is 1. The molecule has 0 heterocycles. The molecule has 0 saturated heterocycles. The minimum absolute atomic E-state index is 0.0476. The predicted octanol–water partition coefficient (Wildman–Crippen LogP) is 2.91. The SMILES string of the molecule is COc1ccc(/C=C/C(=O)Nc2ccccc2C)cc1S(=O)(=O)N(C)C. The van der Waals surface area contributed by atoms with Gasteiger partial charge in [0.15, 0.2) is 0 Å². The Bertz CT molecular complexity index is 934. The Kier molecular flexibility index (Phi) is 6.18. The first-order valence-electron chi connectivity index (χ1n) is 7.91. The molecule has 0 atom stereocenters. The van der Waals surface area contributed by atoms with Crippen LogP contribution in [0, 0.1) is 6.92 Å². The fraction of sp³-hybridized carbons (Fsp3) is 0.211. The summed E-state index contributed by atoms with van der Waals surface area (Å²) in [6.07, 6.45) is 2.92. The van der Waals surface area contributed by atoms with E-state index in [1.165, 1.54) is 33.3 Å². The highest BCUT2D eigenvalue weighted by Gasteiger charge is 2.22. The van der Waals surface area contributed by atoms with Crippen LogP contribution in [0.1, 0.15) is 11.1 Å². The van der Waals surface area contributed by atoms with Gasteiger partial charge in [-0.2, -0.15) is 0 Å². The Hall–Kier alpha value is -2.64. The van der Waals surface area contributed by atoms with E-state index in [2.05, 4.69) is 5.32 Å². The van der Waals surface area contributed by atoms with Crippen LogP contribution in [0.2, 0.25) is 0 Å². The second-order valence-electron chi connectivity index (χ2n) is 5.84. The van der Waals surface area contributed by atoms with Gasteiger partial charge in [0.05, 0.1) is 7.11 Å². The molecule has 0 fully saturated rings. The average Bonchev–Trinajstić information content (AvgIpc) is 2.61. The molecular formula is C19H22N2O4S. The van der Waals surface area contributed by atoms with Crippen molar-refractivity contribution in [3.8, 4) is 5.75 Å². The van der Waals surface area contributed by atoms with Crippen molar-refractivity contribution in [1.29, 1.82) is 0 Å². The van der Waals surface area contributed by atoms with E-state index < -0.39 is 10.0 Å². The number of ether oxygens (including phenoxy) is 1. The lowest BCUT2D eigenvalue weighted by Crippen LogP contribution is -2.22. The van der Waals surface area contributed by atoms with E-state index >= 15 is 0 Å². The number of benzene rings is 2. The minimum Gasteiger partial charge on any atom is -0.495 e. The highest BCUT2D eigenvalue weighted by Crippen LogP contribution is 2.27. The van der Waals surface area contributed by atoms with Gasteiger partial charge in [-0.1, -0.05) is 24.3 Å². The van der Waals surface area contributed by atoms with Crippen LogP contribution in [-0.2, 0) is 14.8 Å². The smallest absolute Gasteiger partial charge is 0.248 e. The van der Waals surface area contributed by atoms with Gasteiger partial charge in [0.1, 0.15) is 10.6 Å². The third-order valence-corrected chi connectivity index (χ3v) is 5.61. The van der Waals surface area contributed by atoms with Crippen molar-refractivity contribution >= 4 is 27.7 Å². The first-order valence-corrected chi connectivity index (χ1v) is 9.35. The van der Waals surface area contributed by atoms with E-state index in [4.69, 9.17) is 4.74 Å². The molecule has 2 rings (SSSR count). The maximum atomic E-state index is 12.4. The molecule has 138 valence electrons. The van der Waals surface area contributed by atoms with Crippen LogP contribution in [0.15, 0.2) is 53.4 Å². The number of nitrogens with zero attached hydrogens (tertiary/aromatic N) is 1. The first kappa shape index (κ1) is 19.7. The lowest BCUT2D eigenvalue weighted by molar-refractivity contribution is -0.111. The van der Waals surface area contributed by atoms with Crippen molar-refractivity contribution in [3.63, 3.8) is 0 Å². The molecule has 6 nitrogen and oxygen atoms in total. The van der Waals surface area contributed by atoms with Gasteiger partial charge in [-0.25, -0.2) is 12.7 Å². The third kappa shape index (κ3) is 4.50. The fourth-order valence-electron chi connectivity index (χ4n) is 2.25. The minimum atomic E-state index is -3.66. The number of methoxy groups -OCH3 is 1. The summed E-state index contributed by atoms with van der Waals surface area (Å²) in [5.74, 6) is -0.0488. The normalized spacial score (nSPS) is 11.7. The molecule has 7 heteroatoms. The molecule has 0 aromatic heterocycles. The van der Waals surface area contributed by atoms with E-state index in [1.54, 1.807) is 18.2 Å². The third-order valence-electron chi connectivity index (χ3n) is 3.78. The molecular weight excluding hydrogens is 352 g/mol. The average molecular weight is 374 g/mol. The van der Waals surface area contributed by atoms with Gasteiger partial charge < -0.3 is 10.1 Å². The molecule has 2 aromatic carbocycles. The van der Waals surface area contributed by atoms with E-state index in [-0.39, 0.29) is 16.6 Å². The molecule has 0 unspecified atom stereocenters. The van der Waals surface area contributed by atoms with E-state index in [9.17, 15) is 13.2 Å². The summed E-state index contributed by atoms with van der Waals surface area (Å²) < 4.78 is 31.1. The molecule has 1 amide bonds. The quantitative estimate of drug-likeness (QED) is 0.789. The number of sulfonamides is 1. The first-order chi connectivity index (χ1) is 12.3. The topological polar surface area (TPSA) is 75.7 Å². The largest absolute Gasteiger partial charge is 0.495 e. The number of hydrogen-bond donors (Lipinski definition) is 1. The Morgan fingerprint density at radius 1 is 1.15 bits per heavy atom. The summed E-state index contributed by atoms with van der Waals surface area (Å²) in [5, 5.41) is 2.79. The van der Waals surface area contributed by atoms with E-state index in [1.807, 2.05) is 31.2 Å². The molecule has 2 aromatic rings. The summed E-state index contributed by atoms with van der Waals surface area (Å²) in [7, 11) is 0.654. The van der Waals surface area contributed by atoms with Crippen LogP contribution in [-0.4, -0.2) is 39.8 Å². The van der Waals surface area contributed by atoms with Crippen LogP contribution in [0.4, 0.5) is 5.69 Å². The number of rotatable bonds is 6. The van der Waals surface area contributed by atoms with Gasteiger partial charge in [-0.3, -0.25) is 4.79 Å². The van der Waals surface area contributed by atoms with E-state index in [0.29, 0.717) is 5.56 Å². The fourth-order valence-corrected chi connectivity index (χ4v) is 3.34. The molecule has 0 saturated carbocycles. The van der Waals surface area contributed by atoms with Crippen molar-refractivity contribution in [2.24, 2.45) is 0 Å². The molecule has 26 heavy (non-hydrogen) atoms. The maximum Gasteiger partial charge on any atom is 0.248 e. The summed E-state index contributed by atoms with van der Waals surface area (Å²) in [5.41, 5.74) is 2.26. The van der Waals surface area contributed by atoms with Gasteiger partial charge in [-0.15, -0.1) is 0 Å². The number of para-hydroxylation sites is 1. The molecule has 0 radical (unpaired) electrons. The van der Waals surface area contributed by atoms with Crippen LogP contribution in [0.5, 0.6) is 5.75 Å². The zero-order chi connectivity index (χ0) is 19.3. The Labute approximate surface area is 154 Å². The molecule has 0 aliphatic rings. The van der Waals surface area contributed by atoms with Crippen LogP contribution < -0.4 is 10.1 Å². The number of anilines is 1. The van der Waals surface area contributed by atoms with Crippen molar-refractivity contribution in [3.05, 3.63) is 59.7 Å². The van der Waals surface area contributed by atoms with Crippen molar-refractivity contribution < 1.29 is 17.9 Å². The number of hydrogen-bond acceptors (Lipinski definition) is 4. The summed E-state index contributed by atoms with van der Waals surface area (Å²) in [6, 6.07) is 12.2. The second kappa shape index (κ2) is 8.16. The van der Waals surface area contributed by atoms with Gasteiger partial charge in [0, 0.05) is 25.9 Å². The molecule has 1 N–H and O–H groups in total. The zero-order valence-electron chi connectivity index (χ0n) is 15.2. The van der Waals surface area contributed by atoms with Gasteiger partial charge in [0.25, 0.3) is 0 Å². The van der Waals surface area contributed by atoms with Gasteiger partial charge in [-0.05, 0) is 42.3 Å². The van der Waals surface area contributed by atoms with Crippen LogP contribution >= 0.6 is 0 Å². The molecule has 0 aliphatic heterocycles. The van der Waals surface area contributed by atoms with E-state index in [0.717, 1.165) is 15.6 Å². The molecule has 0 aliphatic carbocycles. The van der Waals surface area contributed by atoms with Crippen molar-refractivity contribution in [2.75, 3.05) is 26.5 Å². The second-order valence-corrected chi connectivity index (χ2v) is 7.96. The van der Waals surface area contributed by atoms with Gasteiger partial charge in [0.2, 0.25) is 15.9 Å². The van der Waals surface area contributed by atoms with Crippen LogP contribution in [0.25, 0.3) is 6.08 Å². The lowest BCUT2D eigenvalue weighted by Gasteiger charge is -2.15. The van der Waals surface area contributed by atoms with Gasteiger partial charge >= 0.3 is 0 Å². The standard InChI is InChI=1S/C19H22N2O4S/c1-14-7-5-6-8-16(14)20-19(22)12-10-15-9-11-17(25-4)18(13-15)26(23,24)21(2)3/h5-13H,1-4H3,(H,20,22)/b12-10+. The Morgan fingerprint density at radius 3 is 2.46 bits per heavy atom. The number of carbonyl (C=O) groups is 1. The summed E-state index contributed by atoms with van der Waals surface area (Å²) in [4.78, 5) is 12.1. The van der Waals surface area contributed by atoms with Crippen molar-refractivity contribution in [2.45, 2.75) is 11.8 Å². The summed E-state index contributed by atoms with van der Waals surface area (Å²) in [6.45, 7) is 1.90. The molecule has 0 spiro atoms. The highest BCUT2D eigenvalue weighted by molar-refractivity contribution is 7.89. The number of nitrogens with one attached hydrogen (secondary N) is 1. The zero-order valence-corrected chi connectivity index (χ0v) is 16.0. The molecule has 0 bridgehead atoms. The van der Waals surface area contributed by atoms with Crippen LogP contribution in [0.3, 0.4) is 0 Å². The predicted molar refractivity (Wildman–Crippen MR) is 103 cm³/mol. The monoisotopic (exact) mass is 374 g/mol. The lowest BCUT2D eigenvalue weighted by atomic mass is 10.2. The number of carbonyl (C=O) groups excluding carboxylic acids is 1. The summed E-state index contributed by atoms with van der Waals surface area (Å²) >= 11 is 0. The maximum absolute atomic E-state index is 12.4. The Morgan fingerprint density at radius 2 is 1.85 bits per heavy atom. The highest BCUT2D eigenvalue weighted by atomic mass is 32.2. The number of amides is 1.